The first-order chi connectivity index (χ1) is 7.70. The van der Waals surface area contributed by atoms with Crippen LogP contribution >= 0.6 is 0 Å². The molecule has 0 aliphatic heterocycles. The normalized spacial score (nSPS) is 19.4. The summed E-state index contributed by atoms with van der Waals surface area (Å²) in [6.45, 7) is 6.68. The Morgan fingerprint density at radius 3 is 2.88 bits per heavy atom. The van der Waals surface area contributed by atoms with Gasteiger partial charge in [-0.25, -0.2) is 4.68 Å². The number of nitrogens with one attached hydrogen (secondary N) is 1. The third-order valence-corrected chi connectivity index (χ3v) is 3.46. The van der Waals surface area contributed by atoms with Crippen LogP contribution in [0.4, 0.5) is 5.82 Å². The summed E-state index contributed by atoms with van der Waals surface area (Å²) in [7, 11) is 0. The summed E-state index contributed by atoms with van der Waals surface area (Å²) in [4.78, 5) is 0. The quantitative estimate of drug-likeness (QED) is 0.797. The van der Waals surface area contributed by atoms with Crippen LogP contribution in [0.3, 0.4) is 0 Å². The Bertz CT molecular complexity index is 328. The molecule has 1 aliphatic rings. The highest BCUT2D eigenvalue weighted by Crippen LogP contribution is 2.34. The van der Waals surface area contributed by atoms with Gasteiger partial charge in [0.25, 0.3) is 0 Å². The molecule has 16 heavy (non-hydrogen) atoms. The average Bonchev–Trinajstić information content (AvgIpc) is 2.94. The van der Waals surface area contributed by atoms with Gasteiger partial charge >= 0.3 is 0 Å². The molecule has 2 rings (SSSR count). The van der Waals surface area contributed by atoms with Crippen LogP contribution in [-0.4, -0.2) is 15.8 Å². The molecule has 3 heteroatoms. The highest BCUT2D eigenvalue weighted by Gasteiger charge is 2.23. The fraction of sp³-hybridized carbons (Fsp3) is 0.769. The molecule has 0 saturated heterocycles. The predicted octanol–water partition coefficient (Wildman–Crippen LogP) is 3.45. The lowest BCUT2D eigenvalue weighted by atomic mass is 10.1. The van der Waals surface area contributed by atoms with Crippen molar-refractivity contribution in [2.24, 2.45) is 5.92 Å². The molecule has 0 bridgehead atoms. The van der Waals surface area contributed by atoms with Gasteiger partial charge in [-0.05, 0) is 32.6 Å². The Hall–Kier alpha value is -0.990. The predicted molar refractivity (Wildman–Crippen MR) is 67.7 cm³/mol. The van der Waals surface area contributed by atoms with Crippen LogP contribution in [0, 0.1) is 5.92 Å². The summed E-state index contributed by atoms with van der Waals surface area (Å²) in [6, 6.07) is 3.12. The van der Waals surface area contributed by atoms with E-state index in [1.165, 1.54) is 25.1 Å². The van der Waals surface area contributed by atoms with Crippen molar-refractivity contribution in [3.63, 3.8) is 0 Å². The molecule has 1 aliphatic carbocycles. The molecule has 0 radical (unpaired) electrons. The van der Waals surface area contributed by atoms with Gasteiger partial charge in [-0.15, -0.1) is 0 Å². The van der Waals surface area contributed by atoms with E-state index in [4.69, 9.17) is 0 Å². The summed E-state index contributed by atoms with van der Waals surface area (Å²) in [5.41, 5.74) is 0. The third kappa shape index (κ3) is 2.77. The number of nitrogens with zero attached hydrogens (tertiary/aromatic N) is 2. The van der Waals surface area contributed by atoms with E-state index < -0.39 is 0 Å². The molecule has 0 aromatic carbocycles. The summed E-state index contributed by atoms with van der Waals surface area (Å²) >= 11 is 0. The Labute approximate surface area is 98.2 Å². The number of rotatable bonds is 6. The molecule has 2 unspecified atom stereocenters. The number of hydrogen-bond acceptors (Lipinski definition) is 2. The minimum Gasteiger partial charge on any atom is -0.368 e. The monoisotopic (exact) mass is 221 g/mol. The van der Waals surface area contributed by atoms with E-state index in [-0.39, 0.29) is 0 Å². The zero-order valence-electron chi connectivity index (χ0n) is 10.6. The molecule has 90 valence electrons. The lowest BCUT2D eigenvalue weighted by Crippen LogP contribution is -2.20. The Morgan fingerprint density at radius 2 is 2.25 bits per heavy atom. The molecule has 1 saturated carbocycles. The molecular weight excluding hydrogens is 198 g/mol. The van der Waals surface area contributed by atoms with Gasteiger partial charge in [0.15, 0.2) is 0 Å². The molecule has 1 aromatic heterocycles. The van der Waals surface area contributed by atoms with E-state index >= 15 is 0 Å². The fourth-order valence-electron chi connectivity index (χ4n) is 2.12. The molecule has 1 aromatic rings. The van der Waals surface area contributed by atoms with Crippen molar-refractivity contribution in [3.8, 4) is 0 Å². The van der Waals surface area contributed by atoms with Crippen LogP contribution in [0.5, 0.6) is 0 Å². The molecule has 2 atom stereocenters. The van der Waals surface area contributed by atoms with Crippen molar-refractivity contribution in [1.29, 1.82) is 0 Å². The molecule has 1 N–H and O–H groups in total. The van der Waals surface area contributed by atoms with Crippen molar-refractivity contribution in [2.75, 3.05) is 5.32 Å². The summed E-state index contributed by atoms with van der Waals surface area (Å²) < 4.78 is 2.10. The van der Waals surface area contributed by atoms with Crippen LogP contribution in [0.25, 0.3) is 0 Å². The second-order valence-corrected chi connectivity index (χ2v) is 5.14. The van der Waals surface area contributed by atoms with Crippen molar-refractivity contribution in [3.05, 3.63) is 12.3 Å². The highest BCUT2D eigenvalue weighted by molar-refractivity contribution is 5.35. The Balaban J connectivity index is 1.94. The van der Waals surface area contributed by atoms with E-state index in [2.05, 4.69) is 41.9 Å². The standard InChI is InChI=1S/C13H23N3/c1-4-11(3)16-13(7-8-14-16)15-10(2)9-12-5-6-12/h7-8,10-12,15H,4-6,9H2,1-3H3. The molecule has 0 spiro atoms. The summed E-state index contributed by atoms with van der Waals surface area (Å²) in [6.07, 6.45) is 7.16. The maximum atomic E-state index is 4.39. The first kappa shape index (κ1) is 11.5. The lowest BCUT2D eigenvalue weighted by Gasteiger charge is -2.19. The minimum atomic E-state index is 0.477. The molecule has 0 amide bonds. The van der Waals surface area contributed by atoms with Gasteiger partial charge in [0.1, 0.15) is 5.82 Å². The number of hydrogen-bond donors (Lipinski definition) is 1. The first-order valence-corrected chi connectivity index (χ1v) is 6.50. The van der Waals surface area contributed by atoms with Gasteiger partial charge in [-0.2, -0.15) is 5.10 Å². The van der Waals surface area contributed by atoms with E-state index in [9.17, 15) is 0 Å². The lowest BCUT2D eigenvalue weighted by molar-refractivity contribution is 0.479. The van der Waals surface area contributed by atoms with E-state index in [0.29, 0.717) is 12.1 Å². The number of anilines is 1. The average molecular weight is 221 g/mol. The van der Waals surface area contributed by atoms with E-state index in [1.54, 1.807) is 0 Å². The van der Waals surface area contributed by atoms with Crippen LogP contribution in [-0.2, 0) is 0 Å². The van der Waals surface area contributed by atoms with Crippen LogP contribution in [0.15, 0.2) is 12.3 Å². The first-order valence-electron chi connectivity index (χ1n) is 6.50. The molecule has 3 nitrogen and oxygen atoms in total. The second-order valence-electron chi connectivity index (χ2n) is 5.14. The van der Waals surface area contributed by atoms with Crippen molar-refractivity contribution < 1.29 is 0 Å². The van der Waals surface area contributed by atoms with Crippen LogP contribution < -0.4 is 5.32 Å². The maximum absolute atomic E-state index is 4.39. The van der Waals surface area contributed by atoms with Crippen LogP contribution in [0.1, 0.15) is 52.5 Å². The SMILES string of the molecule is CCC(C)n1nccc1NC(C)CC1CC1. The van der Waals surface area contributed by atoms with Crippen LogP contribution in [0.2, 0.25) is 0 Å². The number of aromatic nitrogens is 2. The van der Waals surface area contributed by atoms with Crippen molar-refractivity contribution in [2.45, 2.75) is 58.5 Å². The van der Waals surface area contributed by atoms with E-state index in [1.807, 2.05) is 6.20 Å². The van der Waals surface area contributed by atoms with Gasteiger partial charge in [-0.1, -0.05) is 19.8 Å². The highest BCUT2D eigenvalue weighted by atomic mass is 15.3. The van der Waals surface area contributed by atoms with Gasteiger partial charge in [0.2, 0.25) is 0 Å². The second kappa shape index (κ2) is 4.89. The largest absolute Gasteiger partial charge is 0.368 e. The zero-order chi connectivity index (χ0) is 11.5. The summed E-state index contributed by atoms with van der Waals surface area (Å²) in [5, 5.41) is 7.97. The van der Waals surface area contributed by atoms with Gasteiger partial charge < -0.3 is 5.32 Å². The minimum absolute atomic E-state index is 0.477. The smallest absolute Gasteiger partial charge is 0.124 e. The third-order valence-electron chi connectivity index (χ3n) is 3.46. The Kier molecular flexibility index (Phi) is 3.52. The summed E-state index contributed by atoms with van der Waals surface area (Å²) in [5.74, 6) is 2.14. The van der Waals surface area contributed by atoms with Crippen molar-refractivity contribution >= 4 is 5.82 Å². The molecular formula is C13H23N3. The van der Waals surface area contributed by atoms with Gasteiger partial charge in [0, 0.05) is 12.1 Å². The molecule has 1 fully saturated rings. The topological polar surface area (TPSA) is 29.9 Å². The van der Waals surface area contributed by atoms with E-state index in [0.717, 1.165) is 12.3 Å². The van der Waals surface area contributed by atoms with Gasteiger partial charge in [-0.3, -0.25) is 0 Å². The van der Waals surface area contributed by atoms with Gasteiger partial charge in [0.05, 0.1) is 12.2 Å². The fourth-order valence-corrected chi connectivity index (χ4v) is 2.12. The van der Waals surface area contributed by atoms with Crippen molar-refractivity contribution in [1.82, 2.24) is 9.78 Å². The Morgan fingerprint density at radius 1 is 1.50 bits per heavy atom. The zero-order valence-corrected chi connectivity index (χ0v) is 10.6. The molecule has 1 heterocycles. The maximum Gasteiger partial charge on any atom is 0.124 e.